The lowest BCUT2D eigenvalue weighted by Crippen LogP contribution is -2.43. The fourth-order valence-corrected chi connectivity index (χ4v) is 2.97. The maximum atomic E-state index is 5.32. The van der Waals surface area contributed by atoms with Gasteiger partial charge in [-0.25, -0.2) is 0 Å². The van der Waals surface area contributed by atoms with Crippen LogP contribution in [-0.2, 0) is 6.54 Å². The van der Waals surface area contributed by atoms with Crippen molar-refractivity contribution in [3.63, 3.8) is 0 Å². The van der Waals surface area contributed by atoms with Crippen LogP contribution in [0, 0.1) is 12.3 Å². The van der Waals surface area contributed by atoms with Gasteiger partial charge in [0.05, 0.1) is 13.1 Å². The van der Waals surface area contributed by atoms with Crippen LogP contribution in [-0.4, -0.2) is 43.1 Å². The molecule has 0 aliphatic carbocycles. The first-order valence-electron chi connectivity index (χ1n) is 8.57. The van der Waals surface area contributed by atoms with E-state index in [9.17, 15) is 0 Å². The summed E-state index contributed by atoms with van der Waals surface area (Å²) in [6, 6.07) is 11.2. The summed E-state index contributed by atoms with van der Waals surface area (Å²) in [6.07, 6.45) is 9.10. The molecule has 4 nitrogen and oxygen atoms in total. The molecule has 2 rings (SSSR count). The number of rotatable bonds is 6. The minimum Gasteiger partial charge on any atom is -0.357 e. The summed E-state index contributed by atoms with van der Waals surface area (Å²) in [7, 11) is 0. The lowest BCUT2D eigenvalue weighted by atomic mass is 10.0. The molecule has 24 heavy (non-hydrogen) atoms. The van der Waals surface area contributed by atoms with Gasteiger partial charge in [-0.05, 0) is 31.9 Å². The zero-order chi connectivity index (χ0) is 16.3. The lowest BCUT2D eigenvalue weighted by Gasteiger charge is -2.35. The maximum Gasteiger partial charge on any atom is 0.192 e. The summed E-state index contributed by atoms with van der Waals surface area (Å²) in [5, 5.41) is 6.41. The SMILES string of the molecule is C#CCNC(=NCC1CCCCN1Cc1ccccc1)NCC.I. The maximum absolute atomic E-state index is 5.32. The van der Waals surface area contributed by atoms with Gasteiger partial charge in [0.25, 0.3) is 0 Å². The van der Waals surface area contributed by atoms with E-state index in [1.807, 2.05) is 0 Å². The quantitative estimate of drug-likeness (QED) is 0.309. The van der Waals surface area contributed by atoms with Crippen LogP contribution in [0.25, 0.3) is 0 Å². The summed E-state index contributed by atoms with van der Waals surface area (Å²) < 4.78 is 0. The van der Waals surface area contributed by atoms with Crippen molar-refractivity contribution in [2.24, 2.45) is 4.99 Å². The molecule has 1 atom stereocenters. The van der Waals surface area contributed by atoms with Crippen molar-refractivity contribution >= 4 is 29.9 Å². The van der Waals surface area contributed by atoms with Crippen LogP contribution in [0.1, 0.15) is 31.7 Å². The number of terminal acetylenes is 1. The molecule has 0 radical (unpaired) electrons. The molecule has 1 saturated heterocycles. The topological polar surface area (TPSA) is 39.7 Å². The van der Waals surface area contributed by atoms with Crippen LogP contribution in [0.15, 0.2) is 35.3 Å². The third-order valence-electron chi connectivity index (χ3n) is 4.14. The number of halogens is 1. The Kier molecular flexibility index (Phi) is 10.5. The highest BCUT2D eigenvalue weighted by Gasteiger charge is 2.22. The Hall–Kier alpha value is -1.26. The number of nitrogens with zero attached hydrogens (tertiary/aromatic N) is 2. The van der Waals surface area contributed by atoms with E-state index in [0.717, 1.165) is 32.1 Å². The molecule has 1 fully saturated rings. The normalized spacial score (nSPS) is 18.3. The summed E-state index contributed by atoms with van der Waals surface area (Å²) in [5.41, 5.74) is 1.38. The predicted octanol–water partition coefficient (Wildman–Crippen LogP) is 2.85. The molecule has 1 aliphatic heterocycles. The summed E-state index contributed by atoms with van der Waals surface area (Å²) >= 11 is 0. The van der Waals surface area contributed by atoms with Gasteiger partial charge in [0.2, 0.25) is 0 Å². The number of benzene rings is 1. The van der Waals surface area contributed by atoms with Gasteiger partial charge in [0.1, 0.15) is 0 Å². The fourth-order valence-electron chi connectivity index (χ4n) is 2.97. The zero-order valence-electron chi connectivity index (χ0n) is 14.5. The zero-order valence-corrected chi connectivity index (χ0v) is 16.8. The Morgan fingerprint density at radius 1 is 1.29 bits per heavy atom. The first-order valence-corrected chi connectivity index (χ1v) is 8.57. The smallest absolute Gasteiger partial charge is 0.192 e. The van der Waals surface area contributed by atoms with E-state index in [0.29, 0.717) is 12.6 Å². The van der Waals surface area contributed by atoms with Gasteiger partial charge >= 0.3 is 0 Å². The molecule has 0 spiro atoms. The van der Waals surface area contributed by atoms with E-state index in [4.69, 9.17) is 11.4 Å². The van der Waals surface area contributed by atoms with E-state index >= 15 is 0 Å². The first kappa shape index (κ1) is 20.8. The monoisotopic (exact) mass is 440 g/mol. The molecule has 1 aromatic rings. The third-order valence-corrected chi connectivity index (χ3v) is 4.14. The molecular formula is C19H29IN4. The first-order chi connectivity index (χ1) is 11.3. The number of nitrogens with one attached hydrogen (secondary N) is 2. The number of hydrogen-bond donors (Lipinski definition) is 2. The lowest BCUT2D eigenvalue weighted by molar-refractivity contribution is 0.145. The van der Waals surface area contributed by atoms with Crippen LogP contribution < -0.4 is 10.6 Å². The van der Waals surface area contributed by atoms with Crippen LogP contribution in [0.5, 0.6) is 0 Å². The van der Waals surface area contributed by atoms with Gasteiger partial charge in [-0.2, -0.15) is 0 Å². The molecule has 1 unspecified atom stereocenters. The van der Waals surface area contributed by atoms with E-state index in [1.54, 1.807) is 0 Å². The minimum absolute atomic E-state index is 0. The second kappa shape index (κ2) is 12.2. The molecule has 0 aromatic heterocycles. The number of hydrogen-bond acceptors (Lipinski definition) is 2. The molecular weight excluding hydrogens is 411 g/mol. The van der Waals surface area contributed by atoms with Gasteiger partial charge in [0, 0.05) is 19.1 Å². The molecule has 5 heteroatoms. The van der Waals surface area contributed by atoms with E-state index in [2.05, 4.69) is 58.7 Å². The van der Waals surface area contributed by atoms with E-state index in [-0.39, 0.29) is 24.0 Å². The highest BCUT2D eigenvalue weighted by atomic mass is 127. The Morgan fingerprint density at radius 3 is 2.79 bits per heavy atom. The van der Waals surface area contributed by atoms with Gasteiger partial charge < -0.3 is 10.6 Å². The second-order valence-corrected chi connectivity index (χ2v) is 5.88. The Bertz CT molecular complexity index is 524. The fraction of sp³-hybridized carbons (Fsp3) is 0.526. The molecule has 1 heterocycles. The highest BCUT2D eigenvalue weighted by molar-refractivity contribution is 14.0. The third kappa shape index (κ3) is 7.10. The molecule has 1 aromatic carbocycles. The number of aliphatic imine (C=N–C) groups is 1. The summed E-state index contributed by atoms with van der Waals surface area (Å²) in [4.78, 5) is 7.29. The molecule has 1 aliphatic rings. The van der Waals surface area contributed by atoms with Crippen molar-refractivity contribution in [1.29, 1.82) is 0 Å². The van der Waals surface area contributed by atoms with Crippen molar-refractivity contribution in [1.82, 2.24) is 15.5 Å². The summed E-state index contributed by atoms with van der Waals surface area (Å²) in [6.45, 7) is 6.39. The average Bonchev–Trinajstić information content (AvgIpc) is 2.59. The highest BCUT2D eigenvalue weighted by Crippen LogP contribution is 2.19. The van der Waals surface area contributed by atoms with E-state index < -0.39 is 0 Å². The average molecular weight is 440 g/mol. The predicted molar refractivity (Wildman–Crippen MR) is 113 cm³/mol. The number of guanidine groups is 1. The summed E-state index contributed by atoms with van der Waals surface area (Å²) in [5.74, 6) is 3.41. The van der Waals surface area contributed by atoms with Crippen molar-refractivity contribution in [2.45, 2.75) is 38.8 Å². The van der Waals surface area contributed by atoms with Crippen LogP contribution in [0.3, 0.4) is 0 Å². The van der Waals surface area contributed by atoms with Gasteiger partial charge in [-0.3, -0.25) is 9.89 Å². The second-order valence-electron chi connectivity index (χ2n) is 5.88. The molecule has 0 saturated carbocycles. The van der Waals surface area contributed by atoms with Crippen LogP contribution in [0.4, 0.5) is 0 Å². The van der Waals surface area contributed by atoms with Crippen molar-refractivity contribution in [2.75, 3.05) is 26.2 Å². The van der Waals surface area contributed by atoms with Crippen molar-refractivity contribution in [3.8, 4) is 12.3 Å². The molecule has 2 N–H and O–H groups in total. The Morgan fingerprint density at radius 2 is 2.08 bits per heavy atom. The number of likely N-dealkylation sites (tertiary alicyclic amines) is 1. The van der Waals surface area contributed by atoms with Crippen molar-refractivity contribution < 1.29 is 0 Å². The molecule has 132 valence electrons. The van der Waals surface area contributed by atoms with E-state index in [1.165, 1.54) is 24.8 Å². The Balaban J connectivity index is 0.00000288. The Labute approximate surface area is 163 Å². The van der Waals surface area contributed by atoms with Gasteiger partial charge in [-0.15, -0.1) is 30.4 Å². The largest absolute Gasteiger partial charge is 0.357 e. The van der Waals surface area contributed by atoms with Crippen LogP contribution >= 0.6 is 24.0 Å². The van der Waals surface area contributed by atoms with Gasteiger partial charge in [0.15, 0.2) is 5.96 Å². The molecule has 0 bridgehead atoms. The van der Waals surface area contributed by atoms with Gasteiger partial charge in [-0.1, -0.05) is 42.7 Å². The standard InChI is InChI=1S/C19H28N4.HI/c1-3-13-21-19(20-4-2)22-15-18-12-8-9-14-23(18)16-17-10-6-5-7-11-17;/h1,5-7,10-11,18H,4,8-9,12-16H2,2H3,(H2,20,21,22);1H. The van der Waals surface area contributed by atoms with Crippen molar-refractivity contribution in [3.05, 3.63) is 35.9 Å². The molecule has 0 amide bonds. The number of piperidine rings is 1. The van der Waals surface area contributed by atoms with Crippen LogP contribution in [0.2, 0.25) is 0 Å². The minimum atomic E-state index is 0.